The smallest absolute Gasteiger partial charge is 0.246 e. The molecule has 1 amide bonds. The second kappa shape index (κ2) is 3.81. The Morgan fingerprint density at radius 3 is 2.00 bits per heavy atom. The van der Waals surface area contributed by atoms with Gasteiger partial charge in [-0.2, -0.15) is 0 Å². The maximum absolute atomic E-state index is 10.8. The van der Waals surface area contributed by atoms with Crippen molar-refractivity contribution < 1.29 is 4.79 Å². The summed E-state index contributed by atoms with van der Waals surface area (Å²) in [6.45, 7) is 7.17. The minimum atomic E-state index is -0.475. The molecular weight excluding hydrogens is 140 g/mol. The van der Waals surface area contributed by atoms with E-state index in [0.29, 0.717) is 11.3 Å². The first-order chi connectivity index (χ1) is 5.00. The zero-order valence-corrected chi connectivity index (χ0v) is 6.92. The SMILES string of the molecule is C=C/C(N)=C(/C(N)=O)C(C)C. The number of nitrogens with two attached hydrogens (primary N) is 2. The summed E-state index contributed by atoms with van der Waals surface area (Å²) in [6, 6.07) is 0. The van der Waals surface area contributed by atoms with Crippen molar-refractivity contribution in [2.75, 3.05) is 0 Å². The van der Waals surface area contributed by atoms with Gasteiger partial charge in [0.2, 0.25) is 5.91 Å². The molecule has 0 aromatic carbocycles. The van der Waals surface area contributed by atoms with Crippen molar-refractivity contribution in [2.45, 2.75) is 13.8 Å². The Hall–Kier alpha value is -1.25. The highest BCUT2D eigenvalue weighted by atomic mass is 16.1. The van der Waals surface area contributed by atoms with E-state index in [1.165, 1.54) is 6.08 Å². The van der Waals surface area contributed by atoms with Gasteiger partial charge in [0.05, 0.1) is 0 Å². The number of carbonyl (C=O) groups is 1. The van der Waals surface area contributed by atoms with Gasteiger partial charge in [-0.3, -0.25) is 4.79 Å². The average Bonchev–Trinajstić information content (AvgIpc) is 1.85. The number of amides is 1. The molecule has 0 rings (SSSR count). The van der Waals surface area contributed by atoms with E-state index in [-0.39, 0.29) is 5.92 Å². The van der Waals surface area contributed by atoms with E-state index >= 15 is 0 Å². The largest absolute Gasteiger partial charge is 0.398 e. The van der Waals surface area contributed by atoms with Gasteiger partial charge >= 0.3 is 0 Å². The average molecular weight is 154 g/mol. The number of hydrogen-bond acceptors (Lipinski definition) is 2. The molecule has 3 heteroatoms. The van der Waals surface area contributed by atoms with E-state index in [1.807, 2.05) is 13.8 Å². The summed E-state index contributed by atoms with van der Waals surface area (Å²) in [5.74, 6) is -0.428. The van der Waals surface area contributed by atoms with Crippen molar-refractivity contribution in [3.05, 3.63) is 23.9 Å². The molecule has 0 bridgehead atoms. The fourth-order valence-corrected chi connectivity index (χ4v) is 0.870. The predicted molar refractivity (Wildman–Crippen MR) is 45.4 cm³/mol. The van der Waals surface area contributed by atoms with Gasteiger partial charge in [0.1, 0.15) is 0 Å². The van der Waals surface area contributed by atoms with Gasteiger partial charge in [0, 0.05) is 11.3 Å². The summed E-state index contributed by atoms with van der Waals surface area (Å²) < 4.78 is 0. The highest BCUT2D eigenvalue weighted by molar-refractivity contribution is 5.93. The summed E-state index contributed by atoms with van der Waals surface area (Å²) in [5, 5.41) is 0. The molecule has 0 aliphatic heterocycles. The summed E-state index contributed by atoms with van der Waals surface area (Å²) in [5.41, 5.74) is 11.4. The van der Waals surface area contributed by atoms with E-state index in [9.17, 15) is 4.79 Å². The summed E-state index contributed by atoms with van der Waals surface area (Å²) in [4.78, 5) is 10.8. The lowest BCUT2D eigenvalue weighted by atomic mass is 10.0. The molecule has 0 heterocycles. The fourth-order valence-electron chi connectivity index (χ4n) is 0.870. The highest BCUT2D eigenvalue weighted by Gasteiger charge is 2.11. The Bertz CT molecular complexity index is 204. The third-order valence-electron chi connectivity index (χ3n) is 1.37. The van der Waals surface area contributed by atoms with E-state index in [0.717, 1.165) is 0 Å². The van der Waals surface area contributed by atoms with Crippen LogP contribution in [0.15, 0.2) is 23.9 Å². The highest BCUT2D eigenvalue weighted by Crippen LogP contribution is 2.11. The molecule has 0 aromatic rings. The number of primary amides is 1. The molecule has 0 radical (unpaired) electrons. The summed E-state index contributed by atoms with van der Waals surface area (Å²) >= 11 is 0. The lowest BCUT2D eigenvalue weighted by Crippen LogP contribution is -2.21. The van der Waals surface area contributed by atoms with Gasteiger partial charge < -0.3 is 11.5 Å². The first-order valence-electron chi connectivity index (χ1n) is 3.42. The number of allylic oxidation sites excluding steroid dienone is 1. The van der Waals surface area contributed by atoms with E-state index in [4.69, 9.17) is 11.5 Å². The Morgan fingerprint density at radius 2 is 1.91 bits per heavy atom. The molecule has 0 saturated carbocycles. The number of rotatable bonds is 3. The summed E-state index contributed by atoms with van der Waals surface area (Å²) in [6.07, 6.45) is 1.43. The van der Waals surface area contributed by atoms with Crippen molar-refractivity contribution in [3.8, 4) is 0 Å². The molecule has 0 atom stereocenters. The molecule has 0 spiro atoms. The Morgan fingerprint density at radius 1 is 1.45 bits per heavy atom. The van der Waals surface area contributed by atoms with Gasteiger partial charge in [-0.25, -0.2) is 0 Å². The van der Waals surface area contributed by atoms with Gasteiger partial charge in [-0.1, -0.05) is 20.4 Å². The summed E-state index contributed by atoms with van der Waals surface area (Å²) in [7, 11) is 0. The second-order valence-corrected chi connectivity index (χ2v) is 2.59. The van der Waals surface area contributed by atoms with Crippen LogP contribution in [0.5, 0.6) is 0 Å². The van der Waals surface area contributed by atoms with Crippen LogP contribution in [0.25, 0.3) is 0 Å². The molecule has 4 N–H and O–H groups in total. The second-order valence-electron chi connectivity index (χ2n) is 2.59. The van der Waals surface area contributed by atoms with E-state index in [1.54, 1.807) is 0 Å². The zero-order valence-electron chi connectivity index (χ0n) is 6.92. The Labute approximate surface area is 66.8 Å². The van der Waals surface area contributed by atoms with Crippen LogP contribution in [0.1, 0.15) is 13.8 Å². The molecule has 0 fully saturated rings. The standard InChI is InChI=1S/C8H14N2O/c1-4-6(9)7(5(2)3)8(10)11/h4-5H,1,9H2,2-3H3,(H2,10,11)/b7-6-. The lowest BCUT2D eigenvalue weighted by Gasteiger charge is -2.08. The number of hydrogen-bond donors (Lipinski definition) is 2. The molecule has 0 unspecified atom stereocenters. The normalized spacial score (nSPS) is 12.6. The minimum Gasteiger partial charge on any atom is -0.398 e. The minimum absolute atomic E-state index is 0.0468. The third-order valence-corrected chi connectivity index (χ3v) is 1.37. The van der Waals surface area contributed by atoms with Crippen molar-refractivity contribution in [1.29, 1.82) is 0 Å². The molecule has 0 aromatic heterocycles. The Balaban J connectivity index is 4.87. The topological polar surface area (TPSA) is 69.1 Å². The van der Waals surface area contributed by atoms with Crippen LogP contribution in [0, 0.1) is 5.92 Å². The Kier molecular flexibility index (Phi) is 3.37. The third kappa shape index (κ3) is 2.45. The molecule has 11 heavy (non-hydrogen) atoms. The van der Waals surface area contributed by atoms with Crippen LogP contribution in [0.4, 0.5) is 0 Å². The van der Waals surface area contributed by atoms with Crippen molar-refractivity contribution in [1.82, 2.24) is 0 Å². The fraction of sp³-hybridized carbons (Fsp3) is 0.375. The van der Waals surface area contributed by atoms with Gasteiger partial charge in [-0.05, 0) is 12.0 Å². The van der Waals surface area contributed by atoms with Crippen molar-refractivity contribution >= 4 is 5.91 Å². The van der Waals surface area contributed by atoms with E-state index < -0.39 is 5.91 Å². The van der Waals surface area contributed by atoms with Crippen LogP contribution in [-0.4, -0.2) is 5.91 Å². The first-order valence-corrected chi connectivity index (χ1v) is 3.42. The van der Waals surface area contributed by atoms with E-state index in [2.05, 4.69) is 6.58 Å². The van der Waals surface area contributed by atoms with Crippen LogP contribution < -0.4 is 11.5 Å². The quantitative estimate of drug-likeness (QED) is 0.459. The maximum Gasteiger partial charge on any atom is 0.246 e. The van der Waals surface area contributed by atoms with Gasteiger partial charge in [-0.15, -0.1) is 0 Å². The number of carbonyl (C=O) groups excluding carboxylic acids is 1. The lowest BCUT2D eigenvalue weighted by molar-refractivity contribution is -0.115. The van der Waals surface area contributed by atoms with Gasteiger partial charge in [0.25, 0.3) is 0 Å². The zero-order chi connectivity index (χ0) is 9.02. The van der Waals surface area contributed by atoms with Crippen molar-refractivity contribution in [2.24, 2.45) is 17.4 Å². The van der Waals surface area contributed by atoms with Crippen LogP contribution in [0.2, 0.25) is 0 Å². The maximum atomic E-state index is 10.8. The molecule has 0 aliphatic carbocycles. The predicted octanol–water partition coefficient (Wildman–Crippen LogP) is 0.526. The molecule has 62 valence electrons. The van der Waals surface area contributed by atoms with Gasteiger partial charge in [0.15, 0.2) is 0 Å². The van der Waals surface area contributed by atoms with Crippen LogP contribution >= 0.6 is 0 Å². The molecular formula is C8H14N2O. The van der Waals surface area contributed by atoms with Crippen molar-refractivity contribution in [3.63, 3.8) is 0 Å². The monoisotopic (exact) mass is 154 g/mol. The molecule has 0 saturated heterocycles. The van der Waals surface area contributed by atoms with Crippen LogP contribution in [-0.2, 0) is 4.79 Å². The molecule has 3 nitrogen and oxygen atoms in total. The first kappa shape index (κ1) is 9.75. The van der Waals surface area contributed by atoms with Crippen LogP contribution in [0.3, 0.4) is 0 Å². The molecule has 0 aliphatic rings.